The number of aliphatic hydroxyl groups is 2. The van der Waals surface area contributed by atoms with E-state index in [0.29, 0.717) is 31.8 Å². The molecule has 198 valence electrons. The van der Waals surface area contributed by atoms with E-state index in [1.54, 1.807) is 12.2 Å². The van der Waals surface area contributed by atoms with Crippen molar-refractivity contribution in [2.75, 3.05) is 6.61 Å². The van der Waals surface area contributed by atoms with Crippen LogP contribution in [-0.4, -0.2) is 59.3 Å². The number of rotatable bonds is 3. The molecule has 7 unspecified atom stereocenters. The molecule has 6 heteroatoms. The summed E-state index contributed by atoms with van der Waals surface area (Å²) in [5, 5.41) is 24.3. The van der Waals surface area contributed by atoms with Crippen LogP contribution in [0.15, 0.2) is 72.4 Å². The van der Waals surface area contributed by atoms with Crippen LogP contribution in [0.1, 0.15) is 58.8 Å². The lowest BCUT2D eigenvalue weighted by atomic mass is 9.91. The van der Waals surface area contributed by atoms with Gasteiger partial charge in [0.25, 0.3) is 0 Å². The molecule has 36 heavy (non-hydrogen) atoms. The molecule has 0 saturated heterocycles. The smallest absolute Gasteiger partial charge is 0.243 e. The van der Waals surface area contributed by atoms with Gasteiger partial charge in [-0.1, -0.05) is 73.3 Å². The summed E-state index contributed by atoms with van der Waals surface area (Å²) in [6, 6.07) is -0.542. The molecule has 3 aliphatic heterocycles. The van der Waals surface area contributed by atoms with Crippen LogP contribution in [0.3, 0.4) is 0 Å². The molecule has 3 heterocycles. The van der Waals surface area contributed by atoms with Gasteiger partial charge in [-0.25, -0.2) is 0 Å². The van der Waals surface area contributed by atoms with Gasteiger partial charge in [-0.3, -0.25) is 4.79 Å². The normalized spacial score (nSPS) is 35.8. The van der Waals surface area contributed by atoms with E-state index in [-0.39, 0.29) is 24.2 Å². The first-order chi connectivity index (χ1) is 17.3. The van der Waals surface area contributed by atoms with Crippen molar-refractivity contribution in [3.8, 4) is 0 Å². The van der Waals surface area contributed by atoms with Crippen LogP contribution in [0.2, 0.25) is 0 Å². The molecule has 0 aliphatic carbocycles. The van der Waals surface area contributed by atoms with Crippen LogP contribution in [0, 0.1) is 5.92 Å². The highest BCUT2D eigenvalue weighted by Gasteiger charge is 2.22. The van der Waals surface area contributed by atoms with Crippen molar-refractivity contribution in [2.45, 2.75) is 95.4 Å². The Morgan fingerprint density at radius 3 is 2.75 bits per heavy atom. The number of aliphatic hydroxyl groups excluding tert-OH is 2. The molecule has 1 amide bonds. The molecule has 0 saturated carbocycles. The van der Waals surface area contributed by atoms with E-state index in [0.717, 1.165) is 31.3 Å². The van der Waals surface area contributed by atoms with Gasteiger partial charge in [-0.15, -0.1) is 0 Å². The van der Waals surface area contributed by atoms with Crippen molar-refractivity contribution in [3.05, 3.63) is 72.4 Å². The zero-order chi connectivity index (χ0) is 25.9. The fraction of sp³-hybridized carbons (Fsp3) is 0.567. The van der Waals surface area contributed by atoms with Crippen LogP contribution >= 0.6 is 0 Å². The molecular formula is C30H43NO5. The standard InChI is InChI=1S/C30H43NO5/c1-21-15-16-35-26(19-21)13-14-29(33)28-11-4-7-24(32)18-22(2)17-23(3)20-27-10-5-8-25(36-27)9-6-12-30(34)31-28/h4-8,12-15,23-29,32-33H,2,9-11,16-20H2,1,3H3,(H,31,34)/b7-4-,12-6-,14-13+. The summed E-state index contributed by atoms with van der Waals surface area (Å²) in [6.07, 6.45) is 20.1. The Labute approximate surface area is 216 Å². The van der Waals surface area contributed by atoms with Crippen LogP contribution in [0.4, 0.5) is 0 Å². The minimum Gasteiger partial charge on any atom is -0.389 e. The lowest BCUT2D eigenvalue weighted by molar-refractivity contribution is -0.117. The Kier molecular flexibility index (Phi) is 11.4. The number of fused-ring (bicyclic) bond motifs is 2. The average molecular weight is 498 g/mol. The lowest BCUT2D eigenvalue weighted by Gasteiger charge is -2.28. The zero-order valence-electron chi connectivity index (χ0n) is 21.7. The molecule has 0 fully saturated rings. The Balaban J connectivity index is 1.70. The minimum absolute atomic E-state index is 0.0517. The summed E-state index contributed by atoms with van der Waals surface area (Å²) in [5.74, 6) is 0.137. The number of carbonyl (C=O) groups excluding carboxylic acids is 1. The Morgan fingerprint density at radius 2 is 1.94 bits per heavy atom. The highest BCUT2D eigenvalue weighted by Crippen LogP contribution is 2.25. The maximum atomic E-state index is 12.7. The van der Waals surface area contributed by atoms with E-state index in [1.165, 1.54) is 11.6 Å². The SMILES string of the molecule is C=C1CC(O)/C=C\CC(C(O)/C=C/C2CC(C)=CCO2)NC(=O)/C=C\CC2C=CCC(CC(C)C1)O2. The summed E-state index contributed by atoms with van der Waals surface area (Å²) in [7, 11) is 0. The number of hydrogen-bond donors (Lipinski definition) is 3. The Bertz CT molecular complexity index is 886. The molecule has 0 spiro atoms. The molecule has 0 aromatic carbocycles. The first-order valence-corrected chi connectivity index (χ1v) is 13.2. The predicted octanol–water partition coefficient (Wildman–Crippen LogP) is 4.47. The van der Waals surface area contributed by atoms with E-state index in [4.69, 9.17) is 9.47 Å². The van der Waals surface area contributed by atoms with Gasteiger partial charge < -0.3 is 25.0 Å². The maximum Gasteiger partial charge on any atom is 0.243 e. The van der Waals surface area contributed by atoms with Crippen molar-refractivity contribution in [2.24, 2.45) is 5.92 Å². The monoisotopic (exact) mass is 497 g/mol. The third-order valence-electron chi connectivity index (χ3n) is 6.83. The van der Waals surface area contributed by atoms with Crippen LogP contribution in [0.5, 0.6) is 0 Å². The van der Waals surface area contributed by atoms with E-state index < -0.39 is 18.2 Å². The highest BCUT2D eigenvalue weighted by molar-refractivity contribution is 5.87. The zero-order valence-corrected chi connectivity index (χ0v) is 21.7. The Hall–Kier alpha value is -2.25. The van der Waals surface area contributed by atoms with Gasteiger partial charge in [-0.2, -0.15) is 0 Å². The molecule has 0 radical (unpaired) electrons. The third kappa shape index (κ3) is 10.0. The first kappa shape index (κ1) is 28.3. The number of hydrogen-bond acceptors (Lipinski definition) is 5. The van der Waals surface area contributed by atoms with Gasteiger partial charge in [0.05, 0.1) is 43.2 Å². The third-order valence-corrected chi connectivity index (χ3v) is 6.83. The fourth-order valence-electron chi connectivity index (χ4n) is 4.96. The quantitative estimate of drug-likeness (QED) is 0.501. The topological polar surface area (TPSA) is 88.0 Å². The summed E-state index contributed by atoms with van der Waals surface area (Å²) >= 11 is 0. The van der Waals surface area contributed by atoms with Gasteiger partial charge in [-0.05, 0) is 63.9 Å². The molecule has 0 aromatic heterocycles. The van der Waals surface area contributed by atoms with E-state index in [9.17, 15) is 15.0 Å². The van der Waals surface area contributed by atoms with E-state index in [1.807, 2.05) is 18.2 Å². The van der Waals surface area contributed by atoms with Crippen LogP contribution < -0.4 is 5.32 Å². The van der Waals surface area contributed by atoms with Crippen LogP contribution in [-0.2, 0) is 14.3 Å². The number of amides is 1. The lowest BCUT2D eigenvalue weighted by Crippen LogP contribution is -2.41. The van der Waals surface area contributed by atoms with Crippen molar-refractivity contribution in [1.29, 1.82) is 0 Å². The van der Waals surface area contributed by atoms with Gasteiger partial charge in [0, 0.05) is 0 Å². The highest BCUT2D eigenvalue weighted by atomic mass is 16.5. The van der Waals surface area contributed by atoms with Gasteiger partial charge in [0.2, 0.25) is 5.91 Å². The largest absolute Gasteiger partial charge is 0.389 e. The number of ether oxygens (including phenoxy) is 2. The molecule has 3 N–H and O–H groups in total. The molecule has 0 aromatic rings. The molecule has 3 aliphatic rings. The second-order valence-corrected chi connectivity index (χ2v) is 10.4. The summed E-state index contributed by atoms with van der Waals surface area (Å²) < 4.78 is 11.9. The predicted molar refractivity (Wildman–Crippen MR) is 143 cm³/mol. The molecule has 3 rings (SSSR count). The van der Waals surface area contributed by atoms with Crippen molar-refractivity contribution in [1.82, 2.24) is 5.32 Å². The van der Waals surface area contributed by atoms with E-state index >= 15 is 0 Å². The summed E-state index contributed by atoms with van der Waals surface area (Å²) in [4.78, 5) is 12.7. The van der Waals surface area contributed by atoms with Crippen molar-refractivity contribution < 1.29 is 24.5 Å². The second-order valence-electron chi connectivity index (χ2n) is 10.4. The van der Waals surface area contributed by atoms with Gasteiger partial charge >= 0.3 is 0 Å². The molecular weight excluding hydrogens is 454 g/mol. The molecule has 6 nitrogen and oxygen atoms in total. The van der Waals surface area contributed by atoms with Crippen LogP contribution in [0.25, 0.3) is 0 Å². The number of nitrogens with one attached hydrogen (secondary N) is 1. The Morgan fingerprint density at radius 1 is 1.14 bits per heavy atom. The maximum absolute atomic E-state index is 12.7. The summed E-state index contributed by atoms with van der Waals surface area (Å²) in [6.45, 7) is 9.00. The van der Waals surface area contributed by atoms with Crippen molar-refractivity contribution >= 4 is 5.91 Å². The average Bonchev–Trinajstić information content (AvgIpc) is 2.81. The molecule has 7 atom stereocenters. The van der Waals surface area contributed by atoms with E-state index in [2.05, 4.69) is 44.0 Å². The molecule has 2 bridgehead atoms. The van der Waals surface area contributed by atoms with Gasteiger partial charge in [0.1, 0.15) is 0 Å². The summed E-state index contributed by atoms with van der Waals surface area (Å²) in [5.41, 5.74) is 2.27. The first-order valence-electron chi connectivity index (χ1n) is 13.2. The minimum atomic E-state index is -0.897. The second kappa shape index (κ2) is 14.5. The number of carbonyl (C=O) groups is 1. The van der Waals surface area contributed by atoms with Gasteiger partial charge in [0.15, 0.2) is 0 Å². The fourth-order valence-corrected chi connectivity index (χ4v) is 4.96. The van der Waals surface area contributed by atoms with Crippen molar-refractivity contribution in [3.63, 3.8) is 0 Å².